The molecular formula is C21H32ClN3O2. The van der Waals surface area contributed by atoms with Crippen molar-refractivity contribution in [1.82, 2.24) is 15.5 Å². The highest BCUT2D eigenvalue weighted by Gasteiger charge is 2.26. The Bertz CT molecular complexity index is 632. The predicted octanol–water partition coefficient (Wildman–Crippen LogP) is 2.46. The molecule has 150 valence electrons. The summed E-state index contributed by atoms with van der Waals surface area (Å²) in [6.45, 7) is 5.31. The fourth-order valence-electron chi connectivity index (χ4n) is 4.01. The van der Waals surface area contributed by atoms with Gasteiger partial charge in [0, 0.05) is 26.1 Å². The summed E-state index contributed by atoms with van der Waals surface area (Å²) in [5.41, 5.74) is 2.46. The Morgan fingerprint density at radius 3 is 2.85 bits per heavy atom. The van der Waals surface area contributed by atoms with Crippen LogP contribution in [0.1, 0.15) is 43.2 Å². The van der Waals surface area contributed by atoms with Gasteiger partial charge in [0.05, 0.1) is 6.04 Å². The van der Waals surface area contributed by atoms with Crippen molar-refractivity contribution < 1.29 is 9.59 Å². The van der Waals surface area contributed by atoms with Crippen LogP contribution in [0.15, 0.2) is 24.3 Å². The van der Waals surface area contributed by atoms with Gasteiger partial charge in [-0.2, -0.15) is 0 Å². The summed E-state index contributed by atoms with van der Waals surface area (Å²) in [6, 6.07) is 8.35. The second-order valence-electron chi connectivity index (χ2n) is 7.73. The Morgan fingerprint density at radius 2 is 2.11 bits per heavy atom. The van der Waals surface area contributed by atoms with Gasteiger partial charge in [0.15, 0.2) is 0 Å². The van der Waals surface area contributed by atoms with Gasteiger partial charge >= 0.3 is 0 Å². The third kappa shape index (κ3) is 6.51. The summed E-state index contributed by atoms with van der Waals surface area (Å²) < 4.78 is 0. The van der Waals surface area contributed by atoms with E-state index in [2.05, 4.69) is 35.8 Å². The van der Waals surface area contributed by atoms with Crippen LogP contribution in [-0.2, 0) is 16.0 Å². The quantitative estimate of drug-likeness (QED) is 0.780. The molecule has 27 heavy (non-hydrogen) atoms. The first kappa shape index (κ1) is 21.7. The molecule has 2 N–H and O–H groups in total. The lowest BCUT2D eigenvalue weighted by molar-refractivity contribution is -0.132. The largest absolute Gasteiger partial charge is 0.354 e. The highest BCUT2D eigenvalue weighted by atomic mass is 35.5. The minimum Gasteiger partial charge on any atom is -0.354 e. The predicted molar refractivity (Wildman–Crippen MR) is 110 cm³/mol. The number of piperidine rings is 1. The highest BCUT2D eigenvalue weighted by molar-refractivity contribution is 5.85. The first-order valence-electron chi connectivity index (χ1n) is 9.96. The van der Waals surface area contributed by atoms with Gasteiger partial charge in [-0.05, 0) is 57.1 Å². The van der Waals surface area contributed by atoms with Crippen LogP contribution < -0.4 is 10.6 Å². The monoisotopic (exact) mass is 393 g/mol. The van der Waals surface area contributed by atoms with E-state index in [-0.39, 0.29) is 30.3 Å². The second kappa shape index (κ2) is 10.7. The summed E-state index contributed by atoms with van der Waals surface area (Å²) in [4.78, 5) is 26.7. The fraction of sp³-hybridized carbons (Fsp3) is 0.619. The smallest absolute Gasteiger partial charge is 0.237 e. The van der Waals surface area contributed by atoms with E-state index in [1.807, 2.05) is 11.0 Å². The maximum atomic E-state index is 12.6. The number of nitrogens with one attached hydrogen (secondary N) is 2. The molecule has 0 spiro atoms. The summed E-state index contributed by atoms with van der Waals surface area (Å²) in [6.07, 6.45) is 5.48. The number of carbonyl (C=O) groups excluding carboxylic acids is 2. The van der Waals surface area contributed by atoms with Gasteiger partial charge in [0.25, 0.3) is 0 Å². The molecule has 0 saturated carbocycles. The third-order valence-electron chi connectivity index (χ3n) is 5.52. The molecule has 2 unspecified atom stereocenters. The normalized spacial score (nSPS) is 22.2. The van der Waals surface area contributed by atoms with E-state index in [0.717, 1.165) is 51.7 Å². The van der Waals surface area contributed by atoms with Gasteiger partial charge in [-0.3, -0.25) is 9.59 Å². The first-order valence-corrected chi connectivity index (χ1v) is 9.96. The topological polar surface area (TPSA) is 61.4 Å². The zero-order chi connectivity index (χ0) is 18.4. The molecular weight excluding hydrogens is 362 g/mol. The van der Waals surface area contributed by atoms with Crippen molar-refractivity contribution in [2.24, 2.45) is 5.92 Å². The minimum atomic E-state index is -0.0225. The van der Waals surface area contributed by atoms with Gasteiger partial charge < -0.3 is 15.5 Å². The van der Waals surface area contributed by atoms with Crippen molar-refractivity contribution >= 4 is 24.2 Å². The number of hydrogen-bond donors (Lipinski definition) is 2. The number of aryl methyl sites for hydroxylation is 2. The van der Waals surface area contributed by atoms with Crippen molar-refractivity contribution in [2.45, 2.75) is 51.5 Å². The van der Waals surface area contributed by atoms with Crippen molar-refractivity contribution in [2.75, 3.05) is 26.2 Å². The number of likely N-dealkylation sites (tertiary alicyclic amines) is 1. The van der Waals surface area contributed by atoms with Crippen LogP contribution in [0, 0.1) is 12.8 Å². The van der Waals surface area contributed by atoms with E-state index in [1.54, 1.807) is 0 Å². The molecule has 0 radical (unpaired) electrons. The number of amides is 2. The molecule has 0 bridgehead atoms. The lowest BCUT2D eigenvalue weighted by Crippen LogP contribution is -2.46. The lowest BCUT2D eigenvalue weighted by atomic mass is 9.97. The number of carbonyl (C=O) groups is 2. The molecule has 1 aromatic carbocycles. The Hall–Kier alpha value is -1.59. The number of nitrogens with zero attached hydrogens (tertiary/aromatic N) is 1. The Kier molecular flexibility index (Phi) is 8.58. The molecule has 0 aliphatic carbocycles. The Balaban J connectivity index is 0.00000261. The molecule has 2 fully saturated rings. The highest BCUT2D eigenvalue weighted by Crippen LogP contribution is 2.18. The van der Waals surface area contributed by atoms with Gasteiger partial charge in [-0.15, -0.1) is 12.4 Å². The number of benzene rings is 1. The van der Waals surface area contributed by atoms with Crippen molar-refractivity contribution in [3.8, 4) is 0 Å². The molecule has 3 rings (SSSR count). The average Bonchev–Trinajstić information content (AvgIpc) is 3.19. The molecule has 2 saturated heterocycles. The molecule has 2 atom stereocenters. The molecule has 2 aliphatic heterocycles. The van der Waals surface area contributed by atoms with E-state index in [1.165, 1.54) is 11.1 Å². The van der Waals surface area contributed by atoms with Crippen molar-refractivity contribution in [3.05, 3.63) is 35.4 Å². The van der Waals surface area contributed by atoms with E-state index in [4.69, 9.17) is 0 Å². The van der Waals surface area contributed by atoms with E-state index in [0.29, 0.717) is 18.9 Å². The summed E-state index contributed by atoms with van der Waals surface area (Å²) in [5.74, 6) is 0.724. The Morgan fingerprint density at radius 1 is 1.26 bits per heavy atom. The van der Waals surface area contributed by atoms with E-state index in [9.17, 15) is 9.59 Å². The minimum absolute atomic E-state index is 0. The molecule has 0 aromatic heterocycles. The van der Waals surface area contributed by atoms with Gasteiger partial charge in [0.2, 0.25) is 11.8 Å². The summed E-state index contributed by atoms with van der Waals surface area (Å²) >= 11 is 0. The standard InChI is InChI=1S/C21H31N3O2.ClH/c1-16-5-2-6-17(13-16)9-10-20(25)24-12-4-7-18(15-24)14-23-21(26)19-8-3-11-22-19;/h2,5-6,13,18-19,22H,3-4,7-12,14-15H2,1H3,(H,23,26);1H. The summed E-state index contributed by atoms with van der Waals surface area (Å²) in [5, 5.41) is 6.31. The summed E-state index contributed by atoms with van der Waals surface area (Å²) in [7, 11) is 0. The molecule has 2 aliphatic rings. The van der Waals surface area contributed by atoms with Gasteiger partial charge in [-0.25, -0.2) is 0 Å². The number of rotatable bonds is 6. The number of hydrogen-bond acceptors (Lipinski definition) is 3. The van der Waals surface area contributed by atoms with Crippen molar-refractivity contribution in [3.63, 3.8) is 0 Å². The molecule has 2 heterocycles. The van der Waals surface area contributed by atoms with Crippen LogP contribution >= 0.6 is 12.4 Å². The van der Waals surface area contributed by atoms with E-state index < -0.39 is 0 Å². The SMILES string of the molecule is Cc1cccc(CCC(=O)N2CCCC(CNC(=O)C3CCCN3)C2)c1.Cl. The lowest BCUT2D eigenvalue weighted by Gasteiger charge is -2.33. The van der Waals surface area contributed by atoms with Crippen LogP contribution in [0.3, 0.4) is 0 Å². The average molecular weight is 394 g/mol. The van der Waals surface area contributed by atoms with Gasteiger partial charge in [0.1, 0.15) is 0 Å². The van der Waals surface area contributed by atoms with Crippen LogP contribution in [0.2, 0.25) is 0 Å². The van der Waals surface area contributed by atoms with Crippen LogP contribution in [0.4, 0.5) is 0 Å². The fourth-order valence-corrected chi connectivity index (χ4v) is 4.01. The first-order chi connectivity index (χ1) is 12.6. The zero-order valence-corrected chi connectivity index (χ0v) is 17.0. The van der Waals surface area contributed by atoms with Crippen LogP contribution in [0.5, 0.6) is 0 Å². The molecule has 1 aromatic rings. The maximum absolute atomic E-state index is 12.6. The van der Waals surface area contributed by atoms with Crippen LogP contribution in [0.25, 0.3) is 0 Å². The zero-order valence-electron chi connectivity index (χ0n) is 16.2. The van der Waals surface area contributed by atoms with Crippen molar-refractivity contribution in [1.29, 1.82) is 0 Å². The molecule has 6 heteroatoms. The third-order valence-corrected chi connectivity index (χ3v) is 5.52. The maximum Gasteiger partial charge on any atom is 0.237 e. The van der Waals surface area contributed by atoms with Gasteiger partial charge in [-0.1, -0.05) is 29.8 Å². The van der Waals surface area contributed by atoms with E-state index >= 15 is 0 Å². The second-order valence-corrected chi connectivity index (χ2v) is 7.73. The van der Waals surface area contributed by atoms with Crippen LogP contribution in [-0.4, -0.2) is 48.9 Å². The number of halogens is 1. The Labute approximate surface area is 168 Å². The molecule has 2 amide bonds. The molecule has 5 nitrogen and oxygen atoms in total.